The molecule has 0 fully saturated rings. The first-order valence-corrected chi connectivity index (χ1v) is 18.3. The molecule has 43 heavy (non-hydrogen) atoms. The minimum atomic E-state index is -1.83. The lowest BCUT2D eigenvalue weighted by atomic mass is 9.82. The first-order chi connectivity index (χ1) is 20.8. The van der Waals surface area contributed by atoms with Gasteiger partial charge in [0.15, 0.2) is 0 Å². The highest BCUT2D eigenvalue weighted by molar-refractivity contribution is 7.03. The van der Waals surface area contributed by atoms with Crippen molar-refractivity contribution in [1.29, 1.82) is 0 Å². The lowest BCUT2D eigenvalue weighted by Gasteiger charge is -2.29. The molecule has 1 nitrogen and oxygen atoms in total. The average molecular weight is 570 g/mol. The predicted molar refractivity (Wildman–Crippen MR) is 186 cm³/mol. The lowest BCUT2D eigenvalue weighted by Crippen LogP contribution is -2.49. The molecule has 0 saturated carbocycles. The zero-order chi connectivity index (χ0) is 29.3. The Labute approximate surface area is 256 Å². The van der Waals surface area contributed by atoms with E-state index in [1.807, 2.05) is 0 Å². The van der Waals surface area contributed by atoms with Crippen LogP contribution in [0.1, 0.15) is 25.0 Å². The average Bonchev–Trinajstić information content (AvgIpc) is 3.41. The molecule has 8 rings (SSSR count). The van der Waals surface area contributed by atoms with Gasteiger partial charge in [-0.1, -0.05) is 130 Å². The molecule has 1 aliphatic heterocycles. The van der Waals surface area contributed by atoms with Crippen molar-refractivity contribution in [2.75, 3.05) is 4.90 Å². The maximum absolute atomic E-state index is 2.50. The maximum atomic E-state index is 2.50. The molecule has 2 aliphatic rings. The monoisotopic (exact) mass is 569 g/mol. The van der Waals surface area contributed by atoms with E-state index in [0.29, 0.717) is 0 Å². The summed E-state index contributed by atoms with van der Waals surface area (Å²) in [5, 5.41) is 3.05. The second-order valence-electron chi connectivity index (χ2n) is 13.1. The van der Waals surface area contributed by atoms with E-state index in [1.54, 1.807) is 0 Å². The minimum Gasteiger partial charge on any atom is -0.310 e. The van der Waals surface area contributed by atoms with Gasteiger partial charge in [-0.3, -0.25) is 0 Å². The second kappa shape index (κ2) is 9.42. The van der Waals surface area contributed by atoms with Crippen LogP contribution in [0.15, 0.2) is 140 Å². The molecule has 0 saturated heterocycles. The van der Waals surface area contributed by atoms with E-state index < -0.39 is 8.07 Å². The van der Waals surface area contributed by atoms with Crippen LogP contribution in [0.25, 0.3) is 33.4 Å². The molecule has 208 valence electrons. The molecule has 1 heterocycles. The standard InChI is InChI=1S/C41H35NSi/c1-41(2)37-19-10-8-17-33(37)36-26-31(22-24-38(36)41)42(30-16-12-15-29(25-30)28-13-6-5-7-14-28)32-21-23-35-34-18-9-11-20-39(34)43(3,4)40(35)27-32/h5-27H,1-4H3. The molecule has 0 radical (unpaired) electrons. The summed E-state index contributed by atoms with van der Waals surface area (Å²) in [5.74, 6) is 0. The third-order valence-corrected chi connectivity index (χ3v) is 13.4. The summed E-state index contributed by atoms with van der Waals surface area (Å²) in [6, 6.07) is 51.9. The van der Waals surface area contributed by atoms with Gasteiger partial charge < -0.3 is 4.90 Å². The zero-order valence-corrected chi connectivity index (χ0v) is 26.2. The van der Waals surface area contributed by atoms with Gasteiger partial charge in [-0.05, 0) is 91.3 Å². The van der Waals surface area contributed by atoms with Crippen molar-refractivity contribution in [2.24, 2.45) is 0 Å². The normalized spacial score (nSPS) is 14.9. The van der Waals surface area contributed by atoms with Crippen LogP contribution in [-0.2, 0) is 5.41 Å². The van der Waals surface area contributed by atoms with Crippen molar-refractivity contribution in [3.8, 4) is 33.4 Å². The van der Waals surface area contributed by atoms with Gasteiger partial charge >= 0.3 is 0 Å². The van der Waals surface area contributed by atoms with Gasteiger partial charge in [-0.25, -0.2) is 0 Å². The zero-order valence-electron chi connectivity index (χ0n) is 25.2. The quantitative estimate of drug-likeness (QED) is 0.191. The van der Waals surface area contributed by atoms with Crippen molar-refractivity contribution in [3.05, 3.63) is 151 Å². The largest absolute Gasteiger partial charge is 0.310 e. The number of anilines is 3. The molecule has 6 aromatic carbocycles. The fraction of sp³-hybridized carbons (Fsp3) is 0.122. The number of nitrogens with zero attached hydrogens (tertiary/aromatic N) is 1. The Morgan fingerprint density at radius 2 is 1.05 bits per heavy atom. The first kappa shape index (κ1) is 26.0. The fourth-order valence-electron chi connectivity index (χ4n) is 7.58. The topological polar surface area (TPSA) is 3.24 Å². The maximum Gasteiger partial charge on any atom is 0.113 e. The molecule has 0 bridgehead atoms. The van der Waals surface area contributed by atoms with Crippen LogP contribution in [0.4, 0.5) is 17.1 Å². The van der Waals surface area contributed by atoms with Gasteiger partial charge in [-0.15, -0.1) is 0 Å². The molecule has 0 spiro atoms. The van der Waals surface area contributed by atoms with Crippen molar-refractivity contribution in [2.45, 2.75) is 32.4 Å². The van der Waals surface area contributed by atoms with Crippen molar-refractivity contribution in [1.82, 2.24) is 0 Å². The number of hydrogen-bond acceptors (Lipinski definition) is 1. The van der Waals surface area contributed by atoms with Crippen LogP contribution in [-0.4, -0.2) is 8.07 Å². The van der Waals surface area contributed by atoms with Crippen LogP contribution in [0.3, 0.4) is 0 Å². The molecule has 0 unspecified atom stereocenters. The summed E-state index contributed by atoms with van der Waals surface area (Å²) >= 11 is 0. The van der Waals surface area contributed by atoms with Gasteiger partial charge in [0.05, 0.1) is 0 Å². The molecule has 0 amide bonds. The number of hydrogen-bond donors (Lipinski definition) is 0. The lowest BCUT2D eigenvalue weighted by molar-refractivity contribution is 0.660. The summed E-state index contributed by atoms with van der Waals surface area (Å²) in [4.78, 5) is 2.47. The smallest absolute Gasteiger partial charge is 0.113 e. The summed E-state index contributed by atoms with van der Waals surface area (Å²) in [6.07, 6.45) is 0. The molecule has 0 N–H and O–H groups in total. The predicted octanol–water partition coefficient (Wildman–Crippen LogP) is 9.93. The minimum absolute atomic E-state index is 0.0164. The molecular weight excluding hydrogens is 535 g/mol. The molecule has 0 aromatic heterocycles. The van der Waals surface area contributed by atoms with E-state index in [0.717, 1.165) is 0 Å². The van der Waals surface area contributed by atoms with E-state index in [9.17, 15) is 0 Å². The number of rotatable bonds is 4. The van der Waals surface area contributed by atoms with Crippen molar-refractivity contribution < 1.29 is 0 Å². The summed E-state index contributed by atoms with van der Waals surface area (Å²) in [7, 11) is -1.83. The van der Waals surface area contributed by atoms with E-state index in [4.69, 9.17) is 0 Å². The van der Waals surface area contributed by atoms with E-state index in [-0.39, 0.29) is 5.41 Å². The van der Waals surface area contributed by atoms with Gasteiger partial charge in [0.2, 0.25) is 0 Å². The van der Waals surface area contributed by atoms with Crippen molar-refractivity contribution in [3.63, 3.8) is 0 Å². The first-order valence-electron chi connectivity index (χ1n) is 15.3. The SMILES string of the molecule is CC1(C)c2ccccc2-c2cc(N(c3cccc(-c4ccccc4)c3)c3ccc4c(c3)[Si](C)(C)c3ccccc3-4)ccc21. The number of fused-ring (bicyclic) bond motifs is 6. The van der Waals surface area contributed by atoms with Gasteiger partial charge in [0.25, 0.3) is 0 Å². The Balaban J connectivity index is 1.34. The van der Waals surface area contributed by atoms with Crippen LogP contribution in [0, 0.1) is 0 Å². The van der Waals surface area contributed by atoms with Gasteiger partial charge in [0, 0.05) is 22.5 Å². The van der Waals surface area contributed by atoms with Crippen LogP contribution < -0.4 is 15.3 Å². The molecule has 2 heteroatoms. The molecule has 1 aliphatic carbocycles. The fourth-order valence-corrected chi connectivity index (χ4v) is 10.7. The van der Waals surface area contributed by atoms with E-state index in [2.05, 4.69) is 171 Å². The third-order valence-electron chi connectivity index (χ3n) is 9.86. The Bertz CT molecular complexity index is 2040. The summed E-state index contributed by atoms with van der Waals surface area (Å²) < 4.78 is 0. The third kappa shape index (κ3) is 3.90. The Morgan fingerprint density at radius 3 is 1.88 bits per heavy atom. The van der Waals surface area contributed by atoms with E-state index in [1.165, 1.54) is 71.9 Å². The van der Waals surface area contributed by atoms with Crippen molar-refractivity contribution >= 4 is 35.5 Å². The molecular formula is C41H35NSi. The van der Waals surface area contributed by atoms with Crippen LogP contribution in [0.5, 0.6) is 0 Å². The Hall–Kier alpha value is -4.66. The Kier molecular flexibility index (Phi) is 5.70. The highest BCUT2D eigenvalue weighted by Crippen LogP contribution is 2.50. The second-order valence-corrected chi connectivity index (χ2v) is 17.4. The molecule has 0 atom stereocenters. The summed E-state index contributed by atoms with van der Waals surface area (Å²) in [6.45, 7) is 9.69. The van der Waals surface area contributed by atoms with Gasteiger partial charge in [0.1, 0.15) is 8.07 Å². The highest BCUT2D eigenvalue weighted by atomic mass is 28.3. The Morgan fingerprint density at radius 1 is 0.442 bits per heavy atom. The molecule has 6 aromatic rings. The van der Waals surface area contributed by atoms with Gasteiger partial charge in [-0.2, -0.15) is 0 Å². The van der Waals surface area contributed by atoms with Crippen LogP contribution in [0.2, 0.25) is 13.1 Å². The highest BCUT2D eigenvalue weighted by Gasteiger charge is 2.38. The van der Waals surface area contributed by atoms with Crippen LogP contribution >= 0.6 is 0 Å². The van der Waals surface area contributed by atoms with E-state index >= 15 is 0 Å². The summed E-state index contributed by atoms with van der Waals surface area (Å²) in [5.41, 5.74) is 14.3. The number of benzene rings is 6.